The molecule has 6 saturated carbocycles. The van der Waals surface area contributed by atoms with Crippen molar-refractivity contribution in [3.05, 3.63) is 106 Å². The van der Waals surface area contributed by atoms with Crippen LogP contribution in [0.4, 0.5) is 0 Å². The van der Waals surface area contributed by atoms with Gasteiger partial charge in [0.05, 0.1) is 52.9 Å². The lowest BCUT2D eigenvalue weighted by atomic mass is 9.68. The first kappa shape index (κ1) is 93.9. The van der Waals surface area contributed by atoms with Crippen LogP contribution < -0.4 is 0 Å². The van der Waals surface area contributed by atoms with Crippen molar-refractivity contribution in [1.29, 1.82) is 0 Å². The second-order valence-corrected chi connectivity index (χ2v) is 40.5. The standard InChI is InChI=1S/C32H50O6.C32H52O5.C32H54O4/c1-31(2,29(35)36)19-9-13-21-11-7-17-25(27(21)33)23-15-5-6-16-24(23)26-18-8-12-22(28(26)34)14-10-20-32(3,4)30(37)38;1-31(2,21-33)19-9-13-22-11-7-17-26(28(22)34)24-15-5-6-16-25(24)27-18-8-12-23(29(27)35)14-10-20-32(3,4)30(36)37;1-31(2,21-33)19-9-13-23-11-7-17-27(29(23)35)25-15-5-6-16-26(25)28-18-8-12-24(30(28)36)14-10-20-32(3,4)22-34/h5-6,15-16,21-22,25-28,33-34H,7-14,17-20H2,1-4H3,(H,35,36)(H,37,38);5-6,15-16,22-23,26-29,33-35H,7-14,17-21H2,1-4H3,(H,36,37);5-6,15-16,23-24,27-30,33-36H,7-14,17-22H2,1-4H3. The summed E-state index contributed by atoms with van der Waals surface area (Å²) in [5.41, 5.74) is 4.87. The van der Waals surface area contributed by atoms with Crippen LogP contribution in [0.2, 0.25) is 0 Å². The van der Waals surface area contributed by atoms with E-state index < -0.39 is 52.5 Å². The van der Waals surface area contributed by atoms with Crippen molar-refractivity contribution >= 4 is 17.9 Å². The summed E-state index contributed by atoms with van der Waals surface area (Å²) < 4.78 is 0. The third-order valence-electron chi connectivity index (χ3n) is 28.7. The van der Waals surface area contributed by atoms with Crippen LogP contribution >= 0.6 is 0 Å². The van der Waals surface area contributed by atoms with Crippen LogP contribution in [0, 0.1) is 68.0 Å². The maximum Gasteiger partial charge on any atom is 0.309 e. The van der Waals surface area contributed by atoms with E-state index in [2.05, 4.69) is 102 Å². The maximum absolute atomic E-state index is 11.5. The minimum absolute atomic E-state index is 0.0291. The van der Waals surface area contributed by atoms with Gasteiger partial charge in [-0.25, -0.2) is 0 Å². The van der Waals surface area contributed by atoms with Crippen molar-refractivity contribution in [3.63, 3.8) is 0 Å². The first-order valence-electron chi connectivity index (χ1n) is 44.3. The average molecular weight is 1550 g/mol. The van der Waals surface area contributed by atoms with Gasteiger partial charge < -0.3 is 61.3 Å². The summed E-state index contributed by atoms with van der Waals surface area (Å²) in [6, 6.07) is 25.4. The Labute approximate surface area is 670 Å². The molecule has 6 aliphatic carbocycles. The molecule has 0 radical (unpaired) electrons. The lowest BCUT2D eigenvalue weighted by molar-refractivity contribution is -0.148. The van der Waals surface area contributed by atoms with Crippen molar-refractivity contribution in [2.24, 2.45) is 68.0 Å². The molecule has 0 heterocycles. The maximum atomic E-state index is 11.5. The Balaban J connectivity index is 0.000000231. The van der Waals surface area contributed by atoms with Gasteiger partial charge in [-0.2, -0.15) is 0 Å². The predicted octanol–water partition coefficient (Wildman–Crippen LogP) is 19.9. The molecule has 0 spiro atoms. The molecule has 0 bridgehead atoms. The Morgan fingerprint density at radius 1 is 0.270 bits per heavy atom. The molecule has 6 aliphatic rings. The van der Waals surface area contributed by atoms with Gasteiger partial charge in [0.25, 0.3) is 0 Å². The first-order chi connectivity index (χ1) is 52.4. The quantitative estimate of drug-likeness (QED) is 0.0258. The molecule has 3 aromatic carbocycles. The highest BCUT2D eigenvalue weighted by atomic mass is 16.4. The lowest BCUT2D eigenvalue weighted by Gasteiger charge is -2.40. The largest absolute Gasteiger partial charge is 0.481 e. The normalized spacial score (nSPS) is 29.3. The Morgan fingerprint density at radius 3 is 0.568 bits per heavy atom. The minimum atomic E-state index is -0.775. The number of hydrogen-bond donors (Lipinski definition) is 12. The lowest BCUT2D eigenvalue weighted by Crippen LogP contribution is -2.36. The summed E-state index contributed by atoms with van der Waals surface area (Å²) in [5, 5.41) is 126. The molecule has 15 heteroatoms. The van der Waals surface area contributed by atoms with E-state index in [-0.39, 0.29) is 114 Å². The third-order valence-corrected chi connectivity index (χ3v) is 28.7. The zero-order valence-corrected chi connectivity index (χ0v) is 71.0. The second kappa shape index (κ2) is 43.2. The van der Waals surface area contributed by atoms with E-state index >= 15 is 0 Å². The van der Waals surface area contributed by atoms with Gasteiger partial charge in [-0.15, -0.1) is 0 Å². The van der Waals surface area contributed by atoms with E-state index in [1.54, 1.807) is 41.5 Å². The second-order valence-electron chi connectivity index (χ2n) is 40.5. The summed E-state index contributed by atoms with van der Waals surface area (Å²) in [6.45, 7) is 23.9. The van der Waals surface area contributed by atoms with Crippen LogP contribution in [-0.4, -0.2) is 136 Å². The molecular weight excluding hydrogens is 1390 g/mol. The monoisotopic (exact) mass is 1550 g/mol. The topological polar surface area (TPSA) is 294 Å². The van der Waals surface area contributed by atoms with Crippen molar-refractivity contribution in [2.45, 2.75) is 386 Å². The molecule has 6 fully saturated rings. The van der Waals surface area contributed by atoms with Crippen LogP contribution in [0.5, 0.6) is 0 Å². The number of aliphatic hydroxyl groups is 9. The van der Waals surface area contributed by atoms with Gasteiger partial charge in [-0.3, -0.25) is 14.4 Å². The van der Waals surface area contributed by atoms with Crippen molar-refractivity contribution in [3.8, 4) is 0 Å². The van der Waals surface area contributed by atoms with E-state index in [1.807, 2.05) is 12.1 Å². The van der Waals surface area contributed by atoms with Crippen LogP contribution in [0.1, 0.15) is 383 Å². The van der Waals surface area contributed by atoms with E-state index in [9.17, 15) is 75.7 Å². The average Bonchev–Trinajstić information content (AvgIpc) is 0.789. The SMILES string of the molecule is CC(C)(CCCC1CCCC(c2ccccc2C2CCCC(CCCC(C)(C)C(=O)O)C2O)C1O)C(=O)O.CC(C)(CO)CCCC1CCCC(c2ccccc2C2CCCC(CCCC(C)(C)C(=O)O)C2O)C1O.CC(C)(CO)CCCC1CCCC(c2ccccc2C2CCCC(CCCC(C)(C)CO)C2O)C1O. The fourth-order valence-corrected chi connectivity index (χ4v) is 20.6. The first-order valence-corrected chi connectivity index (χ1v) is 44.3. The molecule has 630 valence electrons. The molecule has 0 aromatic heterocycles. The van der Waals surface area contributed by atoms with Crippen molar-refractivity contribution in [2.75, 3.05) is 19.8 Å². The summed E-state index contributed by atoms with van der Waals surface area (Å²) in [6.07, 6.45) is 31.9. The Hall–Kier alpha value is -4.29. The Bertz CT molecular complexity index is 3120. The fourth-order valence-electron chi connectivity index (χ4n) is 20.6. The van der Waals surface area contributed by atoms with Crippen LogP contribution in [0.15, 0.2) is 72.8 Å². The van der Waals surface area contributed by atoms with Gasteiger partial charge in [0.2, 0.25) is 0 Å². The van der Waals surface area contributed by atoms with Gasteiger partial charge in [-0.1, -0.05) is 191 Å². The number of benzene rings is 3. The Kier molecular flexibility index (Phi) is 36.6. The zero-order valence-electron chi connectivity index (χ0n) is 71.0. The summed E-state index contributed by atoms with van der Waals surface area (Å²) in [4.78, 5) is 34.4. The van der Waals surface area contributed by atoms with Gasteiger partial charge >= 0.3 is 17.9 Å². The third kappa shape index (κ3) is 26.9. The van der Waals surface area contributed by atoms with E-state index in [4.69, 9.17) is 0 Å². The zero-order chi connectivity index (χ0) is 81.7. The molecule has 18 unspecified atom stereocenters. The molecule has 0 aliphatic heterocycles. The molecule has 0 saturated heterocycles. The number of carboxylic acids is 3. The van der Waals surface area contributed by atoms with Crippen LogP contribution in [-0.2, 0) is 14.4 Å². The molecule has 18 atom stereocenters. The molecular formula is C96H156O15. The number of rotatable bonds is 36. The molecule has 3 aromatic rings. The molecule has 111 heavy (non-hydrogen) atoms. The number of aliphatic hydroxyl groups excluding tert-OH is 9. The summed E-state index contributed by atoms with van der Waals surface area (Å²) in [5.74, 6) is -0.383. The number of aliphatic carboxylic acids is 3. The minimum Gasteiger partial charge on any atom is -0.481 e. The van der Waals surface area contributed by atoms with Gasteiger partial charge in [-0.05, 0) is 281 Å². The smallest absolute Gasteiger partial charge is 0.309 e. The van der Waals surface area contributed by atoms with Crippen LogP contribution in [0.3, 0.4) is 0 Å². The van der Waals surface area contributed by atoms with Crippen LogP contribution in [0.25, 0.3) is 0 Å². The fraction of sp³-hybridized carbons (Fsp3) is 0.781. The van der Waals surface area contributed by atoms with Gasteiger partial charge in [0.15, 0.2) is 0 Å². The predicted molar refractivity (Wildman–Crippen MR) is 446 cm³/mol. The van der Waals surface area contributed by atoms with E-state index in [0.717, 1.165) is 223 Å². The summed E-state index contributed by atoms with van der Waals surface area (Å²) >= 11 is 0. The molecule has 0 amide bonds. The highest BCUT2D eigenvalue weighted by Gasteiger charge is 2.44. The molecule has 12 N–H and O–H groups in total. The molecule has 9 rings (SSSR count). The highest BCUT2D eigenvalue weighted by Crippen LogP contribution is 2.51. The van der Waals surface area contributed by atoms with Crippen molar-refractivity contribution in [1.82, 2.24) is 0 Å². The number of carboxylic acid groups (broad SMARTS) is 3. The summed E-state index contributed by atoms with van der Waals surface area (Å²) in [7, 11) is 0. The van der Waals surface area contributed by atoms with E-state index in [1.165, 1.54) is 22.3 Å². The molecule has 15 nitrogen and oxygen atoms in total. The number of carbonyl (C=O) groups is 3. The van der Waals surface area contributed by atoms with Gasteiger partial charge in [0.1, 0.15) is 0 Å². The number of hydrogen-bond acceptors (Lipinski definition) is 12. The van der Waals surface area contributed by atoms with Crippen molar-refractivity contribution < 1.29 is 75.7 Å². The van der Waals surface area contributed by atoms with Gasteiger partial charge in [0, 0.05) is 55.3 Å². The Morgan fingerprint density at radius 2 is 0.423 bits per heavy atom. The highest BCUT2D eigenvalue weighted by molar-refractivity contribution is 5.74. The van der Waals surface area contributed by atoms with E-state index in [0.29, 0.717) is 31.1 Å².